The van der Waals surface area contributed by atoms with Crippen LogP contribution in [0, 0.1) is 0 Å². The van der Waals surface area contributed by atoms with E-state index in [0.29, 0.717) is 29.3 Å². The van der Waals surface area contributed by atoms with Crippen LogP contribution < -0.4 is 20.1 Å². The van der Waals surface area contributed by atoms with Gasteiger partial charge >= 0.3 is 0 Å². The summed E-state index contributed by atoms with van der Waals surface area (Å²) in [6, 6.07) is 13.0. The van der Waals surface area contributed by atoms with E-state index in [0.717, 1.165) is 31.2 Å². The normalized spacial score (nSPS) is 13.8. The summed E-state index contributed by atoms with van der Waals surface area (Å²) in [5.74, 6) is 1.10. The highest BCUT2D eigenvalue weighted by Crippen LogP contribution is 2.25. The third-order valence-electron chi connectivity index (χ3n) is 5.48. The van der Waals surface area contributed by atoms with Crippen LogP contribution in [0.2, 0.25) is 0 Å². The number of nitrogens with zero attached hydrogens (tertiary/aromatic N) is 1. The van der Waals surface area contributed by atoms with Crippen molar-refractivity contribution in [3.63, 3.8) is 0 Å². The minimum atomic E-state index is -0.184. The molecule has 0 radical (unpaired) electrons. The first-order valence-corrected chi connectivity index (χ1v) is 10.6. The van der Waals surface area contributed by atoms with Gasteiger partial charge in [0.1, 0.15) is 11.5 Å². The zero-order valence-corrected chi connectivity index (χ0v) is 18.4. The predicted octanol–water partition coefficient (Wildman–Crippen LogP) is 3.45. The van der Waals surface area contributed by atoms with Gasteiger partial charge in [0.15, 0.2) is 0 Å². The van der Waals surface area contributed by atoms with Crippen LogP contribution in [0.25, 0.3) is 0 Å². The molecule has 0 aliphatic heterocycles. The van der Waals surface area contributed by atoms with E-state index in [1.165, 1.54) is 0 Å². The summed E-state index contributed by atoms with van der Waals surface area (Å²) in [7, 11) is 5.08. The molecule has 2 N–H and O–H groups in total. The predicted molar refractivity (Wildman–Crippen MR) is 121 cm³/mol. The van der Waals surface area contributed by atoms with Crippen molar-refractivity contribution in [2.75, 3.05) is 33.1 Å². The minimum absolute atomic E-state index is 0.140. The molecule has 0 bridgehead atoms. The smallest absolute Gasteiger partial charge is 0.253 e. The second-order valence-corrected chi connectivity index (χ2v) is 7.90. The summed E-state index contributed by atoms with van der Waals surface area (Å²) in [4.78, 5) is 27.2. The first-order chi connectivity index (χ1) is 15.0. The van der Waals surface area contributed by atoms with E-state index in [9.17, 15) is 9.59 Å². The second-order valence-electron chi connectivity index (χ2n) is 7.90. The number of likely N-dealkylation sites (N-methyl/N-ethyl adjacent to an activating group) is 1. The Kier molecular flexibility index (Phi) is 7.89. The van der Waals surface area contributed by atoms with Gasteiger partial charge in [-0.15, -0.1) is 0 Å². The summed E-state index contributed by atoms with van der Waals surface area (Å²) in [6.07, 6.45) is 4.32. The molecule has 2 amide bonds. The van der Waals surface area contributed by atoms with Crippen molar-refractivity contribution < 1.29 is 19.1 Å². The Hall–Kier alpha value is -3.06. The fourth-order valence-electron chi connectivity index (χ4n) is 3.89. The molecular weight excluding hydrogens is 394 g/mol. The van der Waals surface area contributed by atoms with Crippen LogP contribution in [0.4, 0.5) is 5.69 Å². The number of benzene rings is 2. The molecule has 0 heterocycles. The van der Waals surface area contributed by atoms with Gasteiger partial charge in [-0.3, -0.25) is 14.5 Å². The molecule has 1 aliphatic rings. The van der Waals surface area contributed by atoms with Gasteiger partial charge < -0.3 is 20.1 Å². The zero-order valence-electron chi connectivity index (χ0n) is 18.4. The number of ether oxygens (including phenoxy) is 2. The molecule has 1 saturated carbocycles. The van der Waals surface area contributed by atoms with E-state index in [1.807, 2.05) is 36.2 Å². The van der Waals surface area contributed by atoms with Gasteiger partial charge in [0.05, 0.1) is 32.0 Å². The summed E-state index contributed by atoms with van der Waals surface area (Å²) < 4.78 is 10.7. The minimum Gasteiger partial charge on any atom is -0.497 e. The van der Waals surface area contributed by atoms with Gasteiger partial charge in [-0.1, -0.05) is 31.0 Å². The maximum Gasteiger partial charge on any atom is 0.253 e. The maximum absolute atomic E-state index is 12.7. The number of para-hydroxylation sites is 1. The molecule has 0 atom stereocenters. The standard InChI is InChI=1S/C24H31N3O4/c1-27(15-17-12-13-19(30-2)14-22(17)31-3)16-23(28)26-21-11-7-6-10-20(21)24(29)25-18-8-4-5-9-18/h6-7,10-14,18H,4-5,8-9,15-16H2,1-3H3,(H,25,29)(H,26,28). The monoisotopic (exact) mass is 425 g/mol. The molecule has 31 heavy (non-hydrogen) atoms. The molecule has 1 fully saturated rings. The van der Waals surface area contributed by atoms with Crippen LogP contribution in [0.1, 0.15) is 41.6 Å². The summed E-state index contributed by atoms with van der Waals surface area (Å²) in [5, 5.41) is 5.97. The number of methoxy groups -OCH3 is 2. The first-order valence-electron chi connectivity index (χ1n) is 10.6. The van der Waals surface area contributed by atoms with Crippen LogP contribution in [0.5, 0.6) is 11.5 Å². The van der Waals surface area contributed by atoms with Crippen molar-refractivity contribution in [3.8, 4) is 11.5 Å². The molecule has 0 aromatic heterocycles. The van der Waals surface area contributed by atoms with E-state index < -0.39 is 0 Å². The number of nitrogens with one attached hydrogen (secondary N) is 2. The van der Waals surface area contributed by atoms with Crippen LogP contribution >= 0.6 is 0 Å². The molecule has 7 nitrogen and oxygen atoms in total. The topological polar surface area (TPSA) is 79.9 Å². The quantitative estimate of drug-likeness (QED) is 0.643. The van der Waals surface area contributed by atoms with Crippen molar-refractivity contribution in [2.45, 2.75) is 38.3 Å². The third-order valence-corrected chi connectivity index (χ3v) is 5.48. The maximum atomic E-state index is 12.7. The summed E-state index contributed by atoms with van der Waals surface area (Å²) in [5.41, 5.74) is 1.97. The van der Waals surface area contributed by atoms with Gasteiger partial charge in [0, 0.05) is 24.2 Å². The Morgan fingerprint density at radius 3 is 2.52 bits per heavy atom. The number of carbonyl (C=O) groups excluding carboxylic acids is 2. The fourth-order valence-corrected chi connectivity index (χ4v) is 3.89. The Morgan fingerprint density at radius 2 is 1.81 bits per heavy atom. The number of anilines is 1. The SMILES string of the molecule is COc1ccc(CN(C)CC(=O)Nc2ccccc2C(=O)NC2CCCC2)c(OC)c1. The molecule has 166 valence electrons. The Balaban J connectivity index is 1.60. The van der Waals surface area contributed by atoms with E-state index >= 15 is 0 Å². The van der Waals surface area contributed by atoms with Crippen LogP contribution in [0.3, 0.4) is 0 Å². The Bertz CT molecular complexity index is 909. The van der Waals surface area contributed by atoms with Crippen molar-refractivity contribution in [2.24, 2.45) is 0 Å². The van der Waals surface area contributed by atoms with Gasteiger partial charge in [-0.2, -0.15) is 0 Å². The van der Waals surface area contributed by atoms with E-state index in [1.54, 1.807) is 32.4 Å². The van der Waals surface area contributed by atoms with Crippen molar-refractivity contribution in [1.29, 1.82) is 0 Å². The molecule has 0 unspecified atom stereocenters. The first kappa shape index (κ1) is 22.6. The van der Waals surface area contributed by atoms with Gasteiger partial charge in [0.2, 0.25) is 5.91 Å². The second kappa shape index (κ2) is 10.8. The summed E-state index contributed by atoms with van der Waals surface area (Å²) in [6.45, 7) is 0.707. The molecular formula is C24H31N3O4. The lowest BCUT2D eigenvalue weighted by Gasteiger charge is -2.19. The van der Waals surface area contributed by atoms with Crippen molar-refractivity contribution >= 4 is 17.5 Å². The highest BCUT2D eigenvalue weighted by Gasteiger charge is 2.20. The fraction of sp³-hybridized carbons (Fsp3) is 0.417. The van der Waals surface area contributed by atoms with Crippen LogP contribution in [-0.2, 0) is 11.3 Å². The van der Waals surface area contributed by atoms with E-state index in [4.69, 9.17) is 9.47 Å². The molecule has 0 spiro atoms. The molecule has 1 aliphatic carbocycles. The lowest BCUT2D eigenvalue weighted by molar-refractivity contribution is -0.117. The van der Waals surface area contributed by atoms with Gasteiger partial charge in [0.25, 0.3) is 5.91 Å². The molecule has 3 rings (SSSR count). The number of amides is 2. The van der Waals surface area contributed by atoms with Crippen molar-refractivity contribution in [1.82, 2.24) is 10.2 Å². The number of hydrogen-bond acceptors (Lipinski definition) is 5. The highest BCUT2D eigenvalue weighted by atomic mass is 16.5. The van der Waals surface area contributed by atoms with Crippen molar-refractivity contribution in [3.05, 3.63) is 53.6 Å². The number of carbonyl (C=O) groups is 2. The van der Waals surface area contributed by atoms with Crippen LogP contribution in [0.15, 0.2) is 42.5 Å². The third kappa shape index (κ3) is 6.21. The Labute approximate surface area is 183 Å². The molecule has 2 aromatic rings. The van der Waals surface area contributed by atoms with E-state index in [-0.39, 0.29) is 24.4 Å². The highest BCUT2D eigenvalue weighted by molar-refractivity contribution is 6.04. The number of hydrogen-bond donors (Lipinski definition) is 2. The largest absolute Gasteiger partial charge is 0.497 e. The molecule has 2 aromatic carbocycles. The summed E-state index contributed by atoms with van der Waals surface area (Å²) >= 11 is 0. The lowest BCUT2D eigenvalue weighted by Crippen LogP contribution is -2.34. The zero-order chi connectivity index (χ0) is 22.2. The molecule has 0 saturated heterocycles. The van der Waals surface area contributed by atoms with Gasteiger partial charge in [-0.25, -0.2) is 0 Å². The van der Waals surface area contributed by atoms with E-state index in [2.05, 4.69) is 10.6 Å². The average molecular weight is 426 g/mol. The lowest BCUT2D eigenvalue weighted by atomic mass is 10.1. The van der Waals surface area contributed by atoms with Gasteiger partial charge in [-0.05, 0) is 38.1 Å². The average Bonchev–Trinajstić information content (AvgIpc) is 3.27. The van der Waals surface area contributed by atoms with Crippen LogP contribution in [-0.4, -0.2) is 50.6 Å². The molecule has 7 heteroatoms. The Morgan fingerprint density at radius 1 is 1.06 bits per heavy atom. The number of rotatable bonds is 9.